The molecule has 0 aromatic heterocycles. The second-order valence-corrected chi connectivity index (χ2v) is 9.95. The van der Waals surface area contributed by atoms with E-state index in [2.05, 4.69) is 4.99 Å². The van der Waals surface area contributed by atoms with Crippen LogP contribution in [0.25, 0.3) is 0 Å². The van der Waals surface area contributed by atoms with Gasteiger partial charge in [-0.3, -0.25) is 4.79 Å². The zero-order valence-electron chi connectivity index (χ0n) is 13.6. The van der Waals surface area contributed by atoms with E-state index in [1.54, 1.807) is 30.3 Å². The molecule has 2 fully saturated rings. The van der Waals surface area contributed by atoms with Crippen molar-refractivity contribution in [2.24, 2.45) is 4.99 Å². The molecule has 2 aromatic carbocycles. The van der Waals surface area contributed by atoms with Crippen LogP contribution in [0, 0.1) is 0 Å². The van der Waals surface area contributed by atoms with Crippen LogP contribution in [0.2, 0.25) is 5.02 Å². The Balaban J connectivity index is 1.75. The number of hydrogen-bond acceptors (Lipinski definition) is 4. The van der Waals surface area contributed by atoms with E-state index in [0.717, 1.165) is 0 Å². The summed E-state index contributed by atoms with van der Waals surface area (Å²) in [5.74, 6) is -0.232. The van der Waals surface area contributed by atoms with Crippen molar-refractivity contribution < 1.29 is 13.2 Å². The second-order valence-electron chi connectivity index (χ2n) is 6.19. The molecule has 2 aromatic rings. The summed E-state index contributed by atoms with van der Waals surface area (Å²) in [7, 11) is -3.11. The number of sulfone groups is 1. The van der Waals surface area contributed by atoms with Gasteiger partial charge in [-0.05, 0) is 24.3 Å². The van der Waals surface area contributed by atoms with Crippen molar-refractivity contribution >= 4 is 50.0 Å². The summed E-state index contributed by atoms with van der Waals surface area (Å²) >= 11 is 7.68. The molecule has 0 saturated carbocycles. The number of rotatable bonds is 2. The number of amides is 1. The monoisotopic (exact) mass is 406 g/mol. The lowest BCUT2D eigenvalue weighted by Gasteiger charge is -2.25. The van der Waals surface area contributed by atoms with Gasteiger partial charge >= 0.3 is 0 Å². The van der Waals surface area contributed by atoms with Crippen molar-refractivity contribution in [1.82, 2.24) is 0 Å². The number of fused-ring (bicyclic) bond motifs is 1. The molecule has 1 amide bonds. The molecule has 2 saturated heterocycles. The van der Waals surface area contributed by atoms with Gasteiger partial charge in [-0.15, -0.1) is 0 Å². The lowest BCUT2D eigenvalue weighted by atomic mass is 10.2. The van der Waals surface area contributed by atoms with Gasteiger partial charge in [0.25, 0.3) is 5.91 Å². The highest BCUT2D eigenvalue weighted by molar-refractivity contribution is 8.16. The highest BCUT2D eigenvalue weighted by Gasteiger charge is 2.49. The van der Waals surface area contributed by atoms with Crippen LogP contribution >= 0.6 is 23.4 Å². The topological polar surface area (TPSA) is 66.8 Å². The number of amidine groups is 1. The zero-order valence-corrected chi connectivity index (χ0v) is 16.0. The van der Waals surface area contributed by atoms with Gasteiger partial charge in [-0.1, -0.05) is 53.7 Å². The van der Waals surface area contributed by atoms with Crippen LogP contribution in [-0.2, 0) is 9.84 Å². The fraction of sp³-hybridized carbons (Fsp3) is 0.222. The third kappa shape index (κ3) is 3.26. The lowest BCUT2D eigenvalue weighted by Crippen LogP contribution is -2.37. The van der Waals surface area contributed by atoms with Crippen molar-refractivity contribution in [2.75, 3.05) is 16.4 Å². The first-order valence-corrected chi connectivity index (χ1v) is 11.1. The molecule has 2 aliphatic heterocycles. The third-order valence-electron chi connectivity index (χ3n) is 4.40. The van der Waals surface area contributed by atoms with Crippen LogP contribution in [-0.4, -0.2) is 42.3 Å². The molecule has 2 atom stereocenters. The van der Waals surface area contributed by atoms with E-state index >= 15 is 0 Å². The maximum atomic E-state index is 12.5. The van der Waals surface area contributed by atoms with Crippen molar-refractivity contribution in [3.63, 3.8) is 0 Å². The van der Waals surface area contributed by atoms with Crippen LogP contribution in [0.4, 0.5) is 5.69 Å². The molecule has 4 rings (SSSR count). The van der Waals surface area contributed by atoms with Gasteiger partial charge in [-0.2, -0.15) is 4.99 Å². The number of aliphatic imine (C=N–C) groups is 1. The summed E-state index contributed by atoms with van der Waals surface area (Å²) in [5, 5.41) is 0.841. The molecule has 0 spiro atoms. The zero-order chi connectivity index (χ0) is 18.3. The molecular weight excluding hydrogens is 392 g/mol. The number of para-hydroxylation sites is 1. The Morgan fingerprint density at radius 1 is 1.08 bits per heavy atom. The van der Waals surface area contributed by atoms with Gasteiger partial charge in [0.2, 0.25) is 0 Å². The minimum Gasteiger partial charge on any atom is -0.314 e. The average molecular weight is 407 g/mol. The third-order valence-corrected chi connectivity index (χ3v) is 7.93. The van der Waals surface area contributed by atoms with Crippen molar-refractivity contribution in [1.29, 1.82) is 0 Å². The molecule has 0 radical (unpaired) electrons. The predicted molar refractivity (Wildman–Crippen MR) is 106 cm³/mol. The standard InChI is InChI=1S/C18H15ClN2O3S2/c19-13-8-4-5-9-14(13)21-15-10-26(23,24)11-16(15)25-18(21)20-17(22)12-6-2-1-3-7-12/h1-9,15-16H,10-11H2/t15-,16-/m1/s1. The summed E-state index contributed by atoms with van der Waals surface area (Å²) < 4.78 is 24.2. The van der Waals surface area contributed by atoms with Crippen LogP contribution in [0.5, 0.6) is 0 Å². The molecule has 0 unspecified atom stereocenters. The Morgan fingerprint density at radius 3 is 2.50 bits per heavy atom. The number of nitrogens with zero attached hydrogens (tertiary/aromatic N) is 2. The van der Waals surface area contributed by atoms with Crippen molar-refractivity contribution in [3.05, 3.63) is 65.2 Å². The molecule has 0 aliphatic carbocycles. The van der Waals surface area contributed by atoms with Crippen molar-refractivity contribution in [3.8, 4) is 0 Å². The summed E-state index contributed by atoms with van der Waals surface area (Å²) in [6.07, 6.45) is 0. The molecule has 5 nitrogen and oxygen atoms in total. The van der Waals surface area contributed by atoms with Crippen LogP contribution < -0.4 is 4.90 Å². The van der Waals surface area contributed by atoms with Crippen LogP contribution in [0.15, 0.2) is 59.6 Å². The molecule has 2 aliphatic rings. The number of hydrogen-bond donors (Lipinski definition) is 0. The number of benzene rings is 2. The summed E-state index contributed by atoms with van der Waals surface area (Å²) in [4.78, 5) is 18.6. The predicted octanol–water partition coefficient (Wildman–Crippen LogP) is 3.26. The van der Waals surface area contributed by atoms with Gasteiger partial charge < -0.3 is 4.90 Å². The molecule has 0 N–H and O–H groups in total. The van der Waals surface area contributed by atoms with Gasteiger partial charge in [0.05, 0.1) is 28.3 Å². The number of carbonyl (C=O) groups is 1. The Labute approximate surface area is 161 Å². The molecule has 8 heteroatoms. The van der Waals surface area contributed by atoms with Crippen molar-refractivity contribution in [2.45, 2.75) is 11.3 Å². The van der Waals surface area contributed by atoms with E-state index in [1.165, 1.54) is 11.8 Å². The van der Waals surface area contributed by atoms with Gasteiger partial charge in [0.15, 0.2) is 15.0 Å². The Kier molecular flexibility index (Phi) is 4.54. The molecule has 2 heterocycles. The van der Waals surface area contributed by atoms with Gasteiger partial charge in [0, 0.05) is 10.8 Å². The maximum absolute atomic E-state index is 12.5. The number of anilines is 1. The first-order valence-electron chi connectivity index (χ1n) is 8.03. The highest BCUT2D eigenvalue weighted by atomic mass is 35.5. The highest BCUT2D eigenvalue weighted by Crippen LogP contribution is 2.43. The van der Waals surface area contributed by atoms with Gasteiger partial charge in [0.1, 0.15) is 0 Å². The molecule has 0 bridgehead atoms. The summed E-state index contributed by atoms with van der Waals surface area (Å²) in [6, 6.07) is 15.7. The van der Waals surface area contributed by atoms with E-state index < -0.39 is 9.84 Å². The smallest absolute Gasteiger partial charge is 0.279 e. The fourth-order valence-corrected chi connectivity index (χ4v) is 7.36. The van der Waals surface area contributed by atoms with E-state index in [4.69, 9.17) is 11.6 Å². The van der Waals surface area contributed by atoms with E-state index in [1.807, 2.05) is 29.2 Å². The SMILES string of the molecule is O=C(N=C1S[C@@H]2CS(=O)(=O)C[C@H]2N1c1ccccc1Cl)c1ccccc1. The minimum atomic E-state index is -3.11. The van der Waals surface area contributed by atoms with Crippen LogP contribution in [0.1, 0.15) is 10.4 Å². The largest absolute Gasteiger partial charge is 0.314 e. The van der Waals surface area contributed by atoms with E-state index in [0.29, 0.717) is 21.4 Å². The average Bonchev–Trinajstić information content (AvgIpc) is 3.07. The maximum Gasteiger partial charge on any atom is 0.279 e. The number of thioether (sulfide) groups is 1. The van der Waals surface area contributed by atoms with E-state index in [9.17, 15) is 13.2 Å². The second kappa shape index (κ2) is 6.72. The Hall–Kier alpha value is -1.83. The molecule has 26 heavy (non-hydrogen) atoms. The summed E-state index contributed by atoms with van der Waals surface area (Å²) in [6.45, 7) is 0. The first-order chi connectivity index (χ1) is 12.4. The minimum absolute atomic E-state index is 0.0361. The van der Waals surface area contributed by atoms with Gasteiger partial charge in [-0.25, -0.2) is 8.42 Å². The first kappa shape index (κ1) is 17.6. The summed E-state index contributed by atoms with van der Waals surface area (Å²) in [5.41, 5.74) is 1.16. The molecule has 134 valence electrons. The molecular formula is C18H15ClN2O3S2. The number of carbonyl (C=O) groups excluding carboxylic acids is 1. The fourth-order valence-electron chi connectivity index (χ4n) is 3.23. The lowest BCUT2D eigenvalue weighted by molar-refractivity contribution is 0.100. The Morgan fingerprint density at radius 2 is 1.77 bits per heavy atom. The Bertz CT molecular complexity index is 993. The van der Waals surface area contributed by atoms with Crippen LogP contribution in [0.3, 0.4) is 0 Å². The normalized spacial score (nSPS) is 25.4. The van der Waals surface area contributed by atoms with E-state index in [-0.39, 0.29) is 28.7 Å². The number of halogens is 1. The quantitative estimate of drug-likeness (QED) is 0.765.